The van der Waals surface area contributed by atoms with Crippen LogP contribution in [0.1, 0.15) is 18.4 Å². The molecule has 0 unspecified atom stereocenters. The van der Waals surface area contributed by atoms with E-state index in [-0.39, 0.29) is 6.42 Å². The summed E-state index contributed by atoms with van der Waals surface area (Å²) in [7, 11) is 0. The predicted molar refractivity (Wildman–Crippen MR) is 63.5 cm³/mol. The molecule has 96 valence electrons. The first kappa shape index (κ1) is 14.6. The van der Waals surface area contributed by atoms with E-state index in [1.54, 1.807) is 18.2 Å². The van der Waals surface area contributed by atoms with Crippen LogP contribution in [0.2, 0.25) is 10.0 Å². The van der Waals surface area contributed by atoms with Gasteiger partial charge in [0, 0.05) is 13.0 Å². The van der Waals surface area contributed by atoms with Crippen LogP contribution in [0.4, 0.5) is 13.2 Å². The fourth-order valence-electron chi connectivity index (χ4n) is 1.30. The number of alkyl halides is 3. The lowest BCUT2D eigenvalue weighted by Gasteiger charge is -2.08. The van der Waals surface area contributed by atoms with Crippen LogP contribution < -0.4 is 5.32 Å². The summed E-state index contributed by atoms with van der Waals surface area (Å²) in [6.45, 7) is 0.800. The molecular formula is C11H12Cl2F3N. The predicted octanol–water partition coefficient (Wildman–Crippen LogP) is 4.43. The minimum Gasteiger partial charge on any atom is -0.313 e. The van der Waals surface area contributed by atoms with Crippen LogP contribution in [0.25, 0.3) is 0 Å². The summed E-state index contributed by atoms with van der Waals surface area (Å²) in [6.07, 6.45) is -4.77. The average Bonchev–Trinajstić information content (AvgIpc) is 2.21. The largest absolute Gasteiger partial charge is 0.389 e. The van der Waals surface area contributed by atoms with E-state index in [9.17, 15) is 13.2 Å². The molecule has 0 aromatic heterocycles. The van der Waals surface area contributed by atoms with Crippen molar-refractivity contribution in [2.24, 2.45) is 0 Å². The van der Waals surface area contributed by atoms with Crippen molar-refractivity contribution in [1.29, 1.82) is 0 Å². The molecule has 0 aliphatic heterocycles. The quantitative estimate of drug-likeness (QED) is 0.790. The summed E-state index contributed by atoms with van der Waals surface area (Å²) < 4.78 is 35.5. The maximum atomic E-state index is 11.8. The van der Waals surface area contributed by atoms with Gasteiger partial charge in [-0.05, 0) is 30.7 Å². The number of nitrogens with one attached hydrogen (secondary N) is 1. The zero-order valence-corrected chi connectivity index (χ0v) is 10.5. The Hall–Kier alpha value is -0.450. The van der Waals surface area contributed by atoms with Crippen molar-refractivity contribution in [2.75, 3.05) is 6.54 Å². The van der Waals surface area contributed by atoms with E-state index in [2.05, 4.69) is 5.32 Å². The molecule has 1 nitrogen and oxygen atoms in total. The van der Waals surface area contributed by atoms with Crippen LogP contribution in [-0.4, -0.2) is 12.7 Å². The second-order valence-electron chi connectivity index (χ2n) is 3.64. The lowest BCUT2D eigenvalue weighted by molar-refractivity contribution is -0.135. The molecule has 0 saturated carbocycles. The molecular weight excluding hydrogens is 274 g/mol. The first-order valence-electron chi connectivity index (χ1n) is 5.10. The third-order valence-electron chi connectivity index (χ3n) is 2.13. The molecule has 17 heavy (non-hydrogen) atoms. The molecule has 1 aromatic carbocycles. The fraction of sp³-hybridized carbons (Fsp3) is 0.455. The summed E-state index contributed by atoms with van der Waals surface area (Å²) in [4.78, 5) is 0. The number of hydrogen-bond donors (Lipinski definition) is 1. The first-order valence-corrected chi connectivity index (χ1v) is 5.85. The van der Waals surface area contributed by atoms with Gasteiger partial charge < -0.3 is 5.32 Å². The van der Waals surface area contributed by atoms with Crippen molar-refractivity contribution in [3.8, 4) is 0 Å². The Morgan fingerprint density at radius 1 is 1.12 bits per heavy atom. The highest BCUT2D eigenvalue weighted by Gasteiger charge is 2.25. The van der Waals surface area contributed by atoms with Crippen molar-refractivity contribution >= 4 is 23.2 Å². The normalized spacial score (nSPS) is 11.8. The van der Waals surface area contributed by atoms with Crippen molar-refractivity contribution in [3.63, 3.8) is 0 Å². The second-order valence-corrected chi connectivity index (χ2v) is 4.46. The van der Waals surface area contributed by atoms with Crippen LogP contribution in [0.3, 0.4) is 0 Å². The highest BCUT2D eigenvalue weighted by atomic mass is 35.5. The zero-order chi connectivity index (χ0) is 12.9. The van der Waals surface area contributed by atoms with Gasteiger partial charge in [0.1, 0.15) is 0 Å². The molecule has 0 saturated heterocycles. The molecule has 1 rings (SSSR count). The average molecular weight is 286 g/mol. The van der Waals surface area contributed by atoms with E-state index < -0.39 is 12.6 Å². The molecule has 0 spiro atoms. The maximum Gasteiger partial charge on any atom is 0.389 e. The van der Waals surface area contributed by atoms with Gasteiger partial charge in [-0.3, -0.25) is 0 Å². The summed E-state index contributed by atoms with van der Waals surface area (Å²) in [6, 6.07) is 5.14. The molecule has 1 N–H and O–H groups in total. The van der Waals surface area contributed by atoms with Crippen LogP contribution in [0.15, 0.2) is 18.2 Å². The smallest absolute Gasteiger partial charge is 0.313 e. The Balaban J connectivity index is 2.25. The Bertz CT molecular complexity index is 366. The van der Waals surface area contributed by atoms with Crippen LogP contribution in [0.5, 0.6) is 0 Å². The van der Waals surface area contributed by atoms with E-state index in [1.807, 2.05) is 0 Å². The van der Waals surface area contributed by atoms with Crippen molar-refractivity contribution in [3.05, 3.63) is 33.8 Å². The molecule has 0 aliphatic rings. The summed E-state index contributed by atoms with van der Waals surface area (Å²) in [5, 5.41) is 3.83. The second kappa shape index (κ2) is 6.47. The Morgan fingerprint density at radius 2 is 1.82 bits per heavy atom. The van der Waals surface area contributed by atoms with Crippen molar-refractivity contribution in [2.45, 2.75) is 25.6 Å². The van der Waals surface area contributed by atoms with Crippen LogP contribution in [-0.2, 0) is 6.54 Å². The van der Waals surface area contributed by atoms with Crippen LogP contribution >= 0.6 is 23.2 Å². The topological polar surface area (TPSA) is 12.0 Å². The van der Waals surface area contributed by atoms with Gasteiger partial charge in [0.2, 0.25) is 0 Å². The van der Waals surface area contributed by atoms with Gasteiger partial charge in [-0.25, -0.2) is 0 Å². The third-order valence-corrected chi connectivity index (χ3v) is 2.87. The summed E-state index contributed by atoms with van der Waals surface area (Å²) in [5.41, 5.74) is 0.895. The van der Waals surface area contributed by atoms with Gasteiger partial charge in [-0.15, -0.1) is 0 Å². The lowest BCUT2D eigenvalue weighted by Crippen LogP contribution is -2.17. The SMILES string of the molecule is FC(F)(F)CCCNCc1ccc(Cl)c(Cl)c1. The number of hydrogen-bond acceptors (Lipinski definition) is 1. The maximum absolute atomic E-state index is 11.8. The zero-order valence-electron chi connectivity index (χ0n) is 8.95. The van der Waals surface area contributed by atoms with E-state index in [4.69, 9.17) is 23.2 Å². The van der Waals surface area contributed by atoms with Gasteiger partial charge >= 0.3 is 6.18 Å². The van der Waals surface area contributed by atoms with Crippen molar-refractivity contribution in [1.82, 2.24) is 5.32 Å². The Morgan fingerprint density at radius 3 is 2.41 bits per heavy atom. The number of benzene rings is 1. The van der Waals surface area contributed by atoms with E-state index in [0.717, 1.165) is 5.56 Å². The molecule has 1 aromatic rings. The Labute approximate surface area is 108 Å². The molecule has 0 aliphatic carbocycles. The van der Waals surface area contributed by atoms with Crippen molar-refractivity contribution < 1.29 is 13.2 Å². The third kappa shape index (κ3) is 6.15. The fourth-order valence-corrected chi connectivity index (χ4v) is 1.62. The molecule has 0 heterocycles. The standard InChI is InChI=1S/C11H12Cl2F3N/c12-9-3-2-8(6-10(9)13)7-17-5-1-4-11(14,15)16/h2-3,6,17H,1,4-5,7H2. The van der Waals surface area contributed by atoms with Gasteiger partial charge in [0.15, 0.2) is 0 Å². The minimum atomic E-state index is -4.08. The molecule has 0 bridgehead atoms. The van der Waals surface area contributed by atoms with Gasteiger partial charge in [0.25, 0.3) is 0 Å². The van der Waals surface area contributed by atoms with E-state index in [0.29, 0.717) is 23.1 Å². The lowest BCUT2D eigenvalue weighted by atomic mass is 10.2. The monoisotopic (exact) mass is 285 g/mol. The van der Waals surface area contributed by atoms with Crippen LogP contribution in [0, 0.1) is 0 Å². The highest BCUT2D eigenvalue weighted by Crippen LogP contribution is 2.23. The molecule has 6 heteroatoms. The molecule has 0 atom stereocenters. The van der Waals surface area contributed by atoms with Gasteiger partial charge in [0.05, 0.1) is 10.0 Å². The first-order chi connectivity index (χ1) is 7.88. The molecule has 0 radical (unpaired) electrons. The molecule has 0 amide bonds. The number of rotatable bonds is 5. The minimum absolute atomic E-state index is 0.0742. The van der Waals surface area contributed by atoms with Gasteiger partial charge in [-0.2, -0.15) is 13.2 Å². The van der Waals surface area contributed by atoms with Gasteiger partial charge in [-0.1, -0.05) is 29.3 Å². The molecule has 0 fully saturated rings. The Kier molecular flexibility index (Phi) is 5.56. The highest BCUT2D eigenvalue weighted by molar-refractivity contribution is 6.42. The van der Waals surface area contributed by atoms with E-state index >= 15 is 0 Å². The number of halogens is 5. The van der Waals surface area contributed by atoms with E-state index in [1.165, 1.54) is 0 Å². The summed E-state index contributed by atoms with van der Waals surface area (Å²) >= 11 is 11.5. The summed E-state index contributed by atoms with van der Waals surface area (Å²) in [5.74, 6) is 0.